The first-order chi connectivity index (χ1) is 5.85. The van der Waals surface area contributed by atoms with Gasteiger partial charge in [-0.15, -0.1) is 9.98 Å². The van der Waals surface area contributed by atoms with Gasteiger partial charge in [0, 0.05) is 19.6 Å². The van der Waals surface area contributed by atoms with Gasteiger partial charge in [-0.1, -0.05) is 13.8 Å². The lowest BCUT2D eigenvalue weighted by molar-refractivity contribution is -0.453. The number of hydrogen-bond acceptors (Lipinski definition) is 4. The van der Waals surface area contributed by atoms with Gasteiger partial charge in [0.2, 0.25) is 0 Å². The van der Waals surface area contributed by atoms with Crippen LogP contribution in [0.2, 0.25) is 0 Å². The fourth-order valence-corrected chi connectivity index (χ4v) is 0.720. The Hall–Kier alpha value is -0.160. The van der Waals surface area contributed by atoms with Gasteiger partial charge in [0.25, 0.3) is 0 Å². The van der Waals surface area contributed by atoms with Crippen molar-refractivity contribution in [3.05, 3.63) is 0 Å². The summed E-state index contributed by atoms with van der Waals surface area (Å²) in [6, 6.07) is 0. The van der Waals surface area contributed by atoms with Crippen LogP contribution in [-0.4, -0.2) is 24.7 Å². The van der Waals surface area contributed by atoms with Gasteiger partial charge in [0.15, 0.2) is 0 Å². The van der Waals surface area contributed by atoms with Gasteiger partial charge >= 0.3 is 0 Å². The Balaban J connectivity index is 3.19. The van der Waals surface area contributed by atoms with Crippen molar-refractivity contribution in [3.63, 3.8) is 0 Å². The Bertz CT molecular complexity index is 91.1. The molecule has 0 saturated carbocycles. The molecule has 0 amide bonds. The second kappa shape index (κ2) is 8.93. The van der Waals surface area contributed by atoms with Gasteiger partial charge < -0.3 is 0 Å². The van der Waals surface area contributed by atoms with E-state index >= 15 is 0 Å². The number of hydrogen-bond donors (Lipinski definition) is 1. The first-order valence-electron chi connectivity index (χ1n) is 4.66. The summed E-state index contributed by atoms with van der Waals surface area (Å²) in [7, 11) is 0. The van der Waals surface area contributed by atoms with E-state index in [-0.39, 0.29) is 0 Å². The van der Waals surface area contributed by atoms with Gasteiger partial charge in [-0.3, -0.25) is 0 Å². The van der Waals surface area contributed by atoms with E-state index in [1.165, 1.54) is 0 Å². The molecule has 0 rings (SSSR count). The average molecular weight is 176 g/mol. The van der Waals surface area contributed by atoms with Crippen LogP contribution in [0.5, 0.6) is 0 Å². The number of hydroxylamine groups is 3. The maximum atomic E-state index is 4.96. The van der Waals surface area contributed by atoms with Crippen LogP contribution in [0.15, 0.2) is 0 Å². The normalized spacial score (nSPS) is 11.0. The van der Waals surface area contributed by atoms with Crippen molar-refractivity contribution in [1.29, 1.82) is 0 Å². The molecule has 0 aliphatic carbocycles. The molecule has 0 spiro atoms. The van der Waals surface area contributed by atoms with Crippen LogP contribution in [0.25, 0.3) is 0 Å². The van der Waals surface area contributed by atoms with Crippen molar-refractivity contribution in [1.82, 2.24) is 10.5 Å². The number of nitrogens with one attached hydrogen (secondary N) is 1. The van der Waals surface area contributed by atoms with Crippen LogP contribution >= 0.6 is 0 Å². The molecule has 0 heterocycles. The van der Waals surface area contributed by atoms with Crippen LogP contribution in [0.3, 0.4) is 0 Å². The van der Waals surface area contributed by atoms with Crippen molar-refractivity contribution in [2.45, 2.75) is 33.6 Å². The lowest BCUT2D eigenvalue weighted by Gasteiger charge is -2.16. The highest BCUT2D eigenvalue weighted by Crippen LogP contribution is 1.91. The molecule has 0 aliphatic heterocycles. The molecule has 74 valence electrons. The molecular weight excluding hydrogens is 156 g/mol. The predicted molar refractivity (Wildman–Crippen MR) is 48.0 cm³/mol. The third kappa shape index (κ3) is 6.54. The summed E-state index contributed by atoms with van der Waals surface area (Å²) in [6.45, 7) is 8.74. The summed E-state index contributed by atoms with van der Waals surface area (Å²) in [4.78, 5) is 9.71. The summed E-state index contributed by atoms with van der Waals surface area (Å²) in [5.41, 5.74) is 2.69. The van der Waals surface area contributed by atoms with Gasteiger partial charge in [-0.25, -0.2) is 0 Å². The fraction of sp³-hybridized carbons (Fsp3) is 1.00. The smallest absolute Gasteiger partial charge is 0.0268 e. The zero-order valence-corrected chi connectivity index (χ0v) is 8.30. The van der Waals surface area contributed by atoms with Crippen LogP contribution in [-0.2, 0) is 9.98 Å². The molecule has 0 unspecified atom stereocenters. The second-order valence-corrected chi connectivity index (χ2v) is 2.57. The molecule has 0 aromatic rings. The van der Waals surface area contributed by atoms with E-state index in [4.69, 9.17) is 9.98 Å². The summed E-state index contributed by atoms with van der Waals surface area (Å²) in [5, 5.41) is 1.77. The van der Waals surface area contributed by atoms with Crippen molar-refractivity contribution in [3.8, 4) is 0 Å². The summed E-state index contributed by atoms with van der Waals surface area (Å²) >= 11 is 0. The molecule has 12 heavy (non-hydrogen) atoms. The minimum Gasteiger partial charge on any atom is -0.168 e. The maximum absolute atomic E-state index is 4.96. The van der Waals surface area contributed by atoms with Gasteiger partial charge in [0.05, 0.1) is 0 Å². The molecule has 1 N–H and O–H groups in total. The van der Waals surface area contributed by atoms with E-state index in [1.54, 1.807) is 5.06 Å². The molecule has 0 atom stereocenters. The third-order valence-corrected chi connectivity index (χ3v) is 1.38. The highest BCUT2D eigenvalue weighted by Gasteiger charge is 2.00. The Morgan fingerprint density at radius 3 is 2.42 bits per heavy atom. The monoisotopic (exact) mass is 176 g/mol. The van der Waals surface area contributed by atoms with Crippen LogP contribution in [0, 0.1) is 0 Å². The van der Waals surface area contributed by atoms with E-state index in [9.17, 15) is 0 Å². The molecule has 0 aromatic heterocycles. The molecule has 0 saturated heterocycles. The number of rotatable bonds is 8. The highest BCUT2D eigenvalue weighted by molar-refractivity contribution is 4.35. The minimum absolute atomic E-state index is 0.809. The van der Waals surface area contributed by atoms with Gasteiger partial charge in [0.1, 0.15) is 0 Å². The first-order valence-corrected chi connectivity index (χ1v) is 4.66. The van der Waals surface area contributed by atoms with Gasteiger partial charge in [-0.2, -0.15) is 10.5 Å². The summed E-state index contributed by atoms with van der Waals surface area (Å²) < 4.78 is 0. The minimum atomic E-state index is 0.809. The van der Waals surface area contributed by atoms with Crippen LogP contribution < -0.4 is 5.48 Å². The number of nitrogens with zero attached hydrogens (tertiary/aromatic N) is 1. The predicted octanol–water partition coefficient (Wildman–Crippen LogP) is 1.50. The van der Waals surface area contributed by atoms with Crippen molar-refractivity contribution < 1.29 is 9.98 Å². The first kappa shape index (κ1) is 11.8. The molecule has 0 bridgehead atoms. The quantitative estimate of drug-likeness (QED) is 0.345. The van der Waals surface area contributed by atoms with Gasteiger partial charge in [-0.05, 0) is 19.8 Å². The van der Waals surface area contributed by atoms with Crippen LogP contribution in [0.1, 0.15) is 33.6 Å². The van der Waals surface area contributed by atoms with Crippen molar-refractivity contribution in [2.24, 2.45) is 0 Å². The summed E-state index contributed by atoms with van der Waals surface area (Å²) in [6.07, 6.45) is 2.09. The molecule has 4 nitrogen and oxygen atoms in total. The Kier molecular flexibility index (Phi) is 8.81. The molecule has 4 heteroatoms. The van der Waals surface area contributed by atoms with E-state index in [1.807, 2.05) is 6.92 Å². The van der Waals surface area contributed by atoms with E-state index in [2.05, 4.69) is 19.3 Å². The average Bonchev–Trinajstić information content (AvgIpc) is 2.10. The zero-order valence-electron chi connectivity index (χ0n) is 8.30. The molecule has 0 aliphatic rings. The second-order valence-electron chi connectivity index (χ2n) is 2.57. The maximum Gasteiger partial charge on any atom is 0.0268 e. The van der Waals surface area contributed by atoms with Crippen LogP contribution in [0.4, 0.5) is 0 Å². The zero-order chi connectivity index (χ0) is 9.23. The van der Waals surface area contributed by atoms with E-state index < -0.39 is 0 Å². The SMILES string of the molecule is CCCNOON(CC)CCC. The standard InChI is InChI=1S/C8H20N2O2/c1-4-7-9-11-12-10(6-3)8-5-2/h9H,4-8H2,1-3H3. The molecule has 0 fully saturated rings. The lowest BCUT2D eigenvalue weighted by atomic mass is 10.5. The molecular formula is C8H20N2O2. The topological polar surface area (TPSA) is 33.7 Å². The molecule has 0 aromatic carbocycles. The van der Waals surface area contributed by atoms with Crippen molar-refractivity contribution >= 4 is 0 Å². The largest absolute Gasteiger partial charge is 0.168 e. The van der Waals surface area contributed by atoms with Crippen molar-refractivity contribution in [2.75, 3.05) is 19.6 Å². The van der Waals surface area contributed by atoms with E-state index in [0.29, 0.717) is 0 Å². The molecule has 0 radical (unpaired) electrons. The van der Waals surface area contributed by atoms with E-state index in [0.717, 1.165) is 32.5 Å². The Morgan fingerprint density at radius 2 is 1.92 bits per heavy atom. The highest BCUT2D eigenvalue weighted by atomic mass is 17.3. The Labute approximate surface area is 74.7 Å². The third-order valence-electron chi connectivity index (χ3n) is 1.38. The Morgan fingerprint density at radius 1 is 1.17 bits per heavy atom. The fourth-order valence-electron chi connectivity index (χ4n) is 0.720. The summed E-state index contributed by atoms with van der Waals surface area (Å²) in [5.74, 6) is 0. The lowest BCUT2D eigenvalue weighted by Crippen LogP contribution is -2.28.